The first-order valence-electron chi connectivity index (χ1n) is 3.54. The number of methoxy groups -OCH3 is 1. The van der Waals surface area contributed by atoms with E-state index in [-0.39, 0.29) is 10.0 Å². The lowest BCUT2D eigenvalue weighted by Crippen LogP contribution is -1.95. The summed E-state index contributed by atoms with van der Waals surface area (Å²) in [4.78, 5) is 0. The molecule has 0 saturated carbocycles. The molecule has 0 N–H and O–H groups in total. The summed E-state index contributed by atoms with van der Waals surface area (Å²) in [7, 11) is 1.45. The van der Waals surface area contributed by atoms with Crippen molar-refractivity contribution in [3.63, 3.8) is 0 Å². The molecule has 0 fully saturated rings. The molecular weight excluding hydrogens is 237 g/mol. The second-order valence-electron chi connectivity index (χ2n) is 2.51. The van der Waals surface area contributed by atoms with Crippen molar-refractivity contribution >= 4 is 15.9 Å². The largest absolute Gasteiger partial charge is 0.495 e. The zero-order chi connectivity index (χ0) is 10.0. The molecule has 1 rings (SSSR count). The van der Waals surface area contributed by atoms with Crippen molar-refractivity contribution in [3.05, 3.63) is 27.5 Å². The van der Waals surface area contributed by atoms with Gasteiger partial charge in [0.05, 0.1) is 11.6 Å². The zero-order valence-corrected chi connectivity index (χ0v) is 8.77. The Morgan fingerprint density at radius 3 is 2.69 bits per heavy atom. The molecular formula is C9H7BrFNO. The lowest BCUT2D eigenvalue weighted by molar-refractivity contribution is 0.408. The van der Waals surface area contributed by atoms with Crippen molar-refractivity contribution in [1.29, 1.82) is 5.26 Å². The smallest absolute Gasteiger partial charge is 0.140 e. The van der Waals surface area contributed by atoms with Crippen LogP contribution in [0.3, 0.4) is 0 Å². The lowest BCUT2D eigenvalue weighted by Gasteiger charge is -2.08. The number of aryl methyl sites for hydroxylation is 1. The maximum absolute atomic E-state index is 13.1. The summed E-state index contributed by atoms with van der Waals surface area (Å²) in [5.74, 6) is -0.0365. The van der Waals surface area contributed by atoms with E-state index in [2.05, 4.69) is 15.9 Å². The Kier molecular flexibility index (Phi) is 2.89. The van der Waals surface area contributed by atoms with Crippen LogP contribution in [0.1, 0.15) is 11.1 Å². The van der Waals surface area contributed by atoms with Gasteiger partial charge in [0.2, 0.25) is 0 Å². The molecule has 0 spiro atoms. The lowest BCUT2D eigenvalue weighted by atomic mass is 10.1. The van der Waals surface area contributed by atoms with Crippen LogP contribution in [0.15, 0.2) is 10.5 Å². The molecule has 0 aliphatic rings. The standard InChI is InChI=1S/C9H7BrFNO/c1-5-3-7(11)8(10)6(4-12)9(5)13-2/h3H,1-2H3. The molecule has 0 aliphatic carbocycles. The van der Waals surface area contributed by atoms with Gasteiger partial charge < -0.3 is 4.74 Å². The van der Waals surface area contributed by atoms with Gasteiger partial charge in [-0.15, -0.1) is 0 Å². The highest BCUT2D eigenvalue weighted by atomic mass is 79.9. The minimum Gasteiger partial charge on any atom is -0.495 e. The fourth-order valence-corrected chi connectivity index (χ4v) is 1.48. The molecule has 0 unspecified atom stereocenters. The van der Waals surface area contributed by atoms with Gasteiger partial charge in [0.1, 0.15) is 23.2 Å². The summed E-state index contributed by atoms with van der Waals surface area (Å²) in [6.45, 7) is 1.69. The van der Waals surface area contributed by atoms with E-state index >= 15 is 0 Å². The summed E-state index contributed by atoms with van der Waals surface area (Å²) in [5, 5.41) is 8.75. The summed E-state index contributed by atoms with van der Waals surface area (Å²) in [6, 6.07) is 3.21. The average Bonchev–Trinajstić information content (AvgIpc) is 2.10. The monoisotopic (exact) mass is 243 g/mol. The van der Waals surface area contributed by atoms with Gasteiger partial charge in [-0.1, -0.05) is 0 Å². The molecule has 0 radical (unpaired) electrons. The molecule has 0 saturated heterocycles. The third-order valence-corrected chi connectivity index (χ3v) is 2.45. The second kappa shape index (κ2) is 3.75. The number of benzene rings is 1. The average molecular weight is 244 g/mol. The number of nitriles is 1. The Labute approximate surface area is 84.1 Å². The number of halogens is 2. The topological polar surface area (TPSA) is 33.0 Å². The summed E-state index contributed by atoms with van der Waals surface area (Å²) >= 11 is 2.99. The van der Waals surface area contributed by atoms with Crippen molar-refractivity contribution in [2.75, 3.05) is 7.11 Å². The first-order chi connectivity index (χ1) is 6.11. The predicted molar refractivity (Wildman–Crippen MR) is 50.1 cm³/mol. The Bertz CT molecular complexity index is 384. The maximum Gasteiger partial charge on any atom is 0.140 e. The minimum atomic E-state index is -0.449. The van der Waals surface area contributed by atoms with E-state index in [1.807, 2.05) is 6.07 Å². The van der Waals surface area contributed by atoms with E-state index in [1.165, 1.54) is 13.2 Å². The van der Waals surface area contributed by atoms with Crippen LogP contribution in [0.25, 0.3) is 0 Å². The minimum absolute atomic E-state index is 0.150. The van der Waals surface area contributed by atoms with Crippen molar-refractivity contribution < 1.29 is 9.13 Å². The molecule has 4 heteroatoms. The third kappa shape index (κ3) is 1.65. The van der Waals surface area contributed by atoms with Gasteiger partial charge in [0.15, 0.2) is 0 Å². The SMILES string of the molecule is COc1c(C)cc(F)c(Br)c1C#N. The number of hydrogen-bond acceptors (Lipinski definition) is 2. The normalized spacial score (nSPS) is 9.46. The number of ether oxygens (including phenoxy) is 1. The molecule has 0 atom stereocenters. The van der Waals surface area contributed by atoms with Gasteiger partial charge in [0.25, 0.3) is 0 Å². The Morgan fingerprint density at radius 1 is 1.62 bits per heavy atom. The van der Waals surface area contributed by atoms with Gasteiger partial charge in [0, 0.05) is 0 Å². The third-order valence-electron chi connectivity index (χ3n) is 1.67. The van der Waals surface area contributed by atoms with E-state index in [4.69, 9.17) is 10.00 Å². The van der Waals surface area contributed by atoms with Gasteiger partial charge in [-0.05, 0) is 34.5 Å². The molecule has 1 aromatic carbocycles. The van der Waals surface area contributed by atoms with Crippen molar-refractivity contribution in [1.82, 2.24) is 0 Å². The van der Waals surface area contributed by atoms with Crippen LogP contribution in [0.5, 0.6) is 5.75 Å². The van der Waals surface area contributed by atoms with Crippen LogP contribution in [-0.4, -0.2) is 7.11 Å². The first kappa shape index (κ1) is 10.0. The van der Waals surface area contributed by atoms with Crippen LogP contribution < -0.4 is 4.74 Å². The molecule has 2 nitrogen and oxygen atoms in total. The van der Waals surface area contributed by atoms with Crippen LogP contribution in [0.2, 0.25) is 0 Å². The maximum atomic E-state index is 13.1. The van der Waals surface area contributed by atoms with Gasteiger partial charge >= 0.3 is 0 Å². The van der Waals surface area contributed by atoms with Crippen LogP contribution in [0, 0.1) is 24.1 Å². The molecule has 0 aliphatic heterocycles. The highest BCUT2D eigenvalue weighted by molar-refractivity contribution is 9.10. The van der Waals surface area contributed by atoms with Gasteiger partial charge in [-0.3, -0.25) is 0 Å². The van der Waals surface area contributed by atoms with Gasteiger partial charge in [-0.2, -0.15) is 5.26 Å². The van der Waals surface area contributed by atoms with E-state index in [9.17, 15) is 4.39 Å². The molecule has 13 heavy (non-hydrogen) atoms. The highest BCUT2D eigenvalue weighted by Crippen LogP contribution is 2.31. The Morgan fingerprint density at radius 2 is 2.23 bits per heavy atom. The molecule has 1 aromatic rings. The second-order valence-corrected chi connectivity index (χ2v) is 3.30. The van der Waals surface area contributed by atoms with E-state index in [0.717, 1.165) is 0 Å². The molecule has 0 aromatic heterocycles. The number of rotatable bonds is 1. The first-order valence-corrected chi connectivity index (χ1v) is 4.33. The number of nitrogens with zero attached hydrogens (tertiary/aromatic N) is 1. The summed E-state index contributed by atoms with van der Waals surface area (Å²) < 4.78 is 18.2. The quantitative estimate of drug-likeness (QED) is 0.760. The van der Waals surface area contributed by atoms with E-state index in [1.54, 1.807) is 6.92 Å². The fraction of sp³-hybridized carbons (Fsp3) is 0.222. The molecule has 68 valence electrons. The summed E-state index contributed by atoms with van der Waals surface area (Å²) in [6.07, 6.45) is 0. The molecule has 0 heterocycles. The highest BCUT2D eigenvalue weighted by Gasteiger charge is 2.14. The molecule has 0 amide bonds. The Hall–Kier alpha value is -1.08. The van der Waals surface area contributed by atoms with E-state index in [0.29, 0.717) is 11.3 Å². The Balaban J connectivity index is 3.53. The van der Waals surface area contributed by atoms with Crippen LogP contribution >= 0.6 is 15.9 Å². The fourth-order valence-electron chi connectivity index (χ4n) is 1.10. The zero-order valence-electron chi connectivity index (χ0n) is 7.19. The van der Waals surface area contributed by atoms with Crippen molar-refractivity contribution in [3.8, 4) is 11.8 Å². The van der Waals surface area contributed by atoms with E-state index < -0.39 is 5.82 Å². The van der Waals surface area contributed by atoms with Crippen LogP contribution in [-0.2, 0) is 0 Å². The predicted octanol–water partition coefficient (Wildman–Crippen LogP) is 2.78. The molecule has 0 bridgehead atoms. The van der Waals surface area contributed by atoms with Crippen LogP contribution in [0.4, 0.5) is 4.39 Å². The number of hydrogen-bond donors (Lipinski definition) is 0. The van der Waals surface area contributed by atoms with Crippen molar-refractivity contribution in [2.45, 2.75) is 6.92 Å². The summed E-state index contributed by atoms with van der Waals surface area (Å²) in [5.41, 5.74) is 0.805. The van der Waals surface area contributed by atoms with Gasteiger partial charge in [-0.25, -0.2) is 4.39 Å². The van der Waals surface area contributed by atoms with Crippen molar-refractivity contribution in [2.24, 2.45) is 0 Å².